The highest BCUT2D eigenvalue weighted by Crippen LogP contribution is 2.21. The lowest BCUT2D eigenvalue weighted by Gasteiger charge is -2.30. The van der Waals surface area contributed by atoms with Crippen LogP contribution in [-0.2, 0) is 0 Å². The van der Waals surface area contributed by atoms with E-state index in [1.807, 2.05) is 0 Å². The number of hydrogen-bond donors (Lipinski definition) is 1. The summed E-state index contributed by atoms with van der Waals surface area (Å²) in [5.41, 5.74) is 2.81. The maximum Gasteiger partial charge on any atom is 0.0369 e. The van der Waals surface area contributed by atoms with E-state index in [1.54, 1.807) is 0 Å². The number of piperazine rings is 1. The summed E-state index contributed by atoms with van der Waals surface area (Å²) in [6.07, 6.45) is 0. The Bertz CT molecular complexity index is 314. The summed E-state index contributed by atoms with van der Waals surface area (Å²) < 4.78 is 0. The van der Waals surface area contributed by atoms with Crippen molar-refractivity contribution in [2.45, 2.75) is 19.8 Å². The van der Waals surface area contributed by atoms with Crippen molar-refractivity contribution in [3.63, 3.8) is 0 Å². The van der Waals surface area contributed by atoms with E-state index in [4.69, 9.17) is 0 Å². The van der Waals surface area contributed by atoms with Gasteiger partial charge in [0.2, 0.25) is 0 Å². The second kappa shape index (κ2) is 4.67. The Hall–Kier alpha value is -1.02. The summed E-state index contributed by atoms with van der Waals surface area (Å²) in [6, 6.07) is 8.94. The van der Waals surface area contributed by atoms with E-state index in [0.717, 1.165) is 26.2 Å². The Labute approximate surface area is 92.3 Å². The van der Waals surface area contributed by atoms with Crippen LogP contribution in [0, 0.1) is 0 Å². The molecule has 0 bridgehead atoms. The van der Waals surface area contributed by atoms with E-state index < -0.39 is 0 Å². The van der Waals surface area contributed by atoms with Gasteiger partial charge in [0.25, 0.3) is 0 Å². The maximum atomic E-state index is 3.38. The topological polar surface area (TPSA) is 15.3 Å². The maximum absolute atomic E-state index is 3.38. The van der Waals surface area contributed by atoms with Gasteiger partial charge in [-0.2, -0.15) is 0 Å². The smallest absolute Gasteiger partial charge is 0.0369 e. The minimum Gasteiger partial charge on any atom is -0.369 e. The standard InChI is InChI=1S/C13H20N2/c1-11(2)12-4-3-5-13(10-12)15-8-6-14-7-9-15/h3-5,10-11,14H,6-9H2,1-2H3. The monoisotopic (exact) mass is 204 g/mol. The number of anilines is 1. The number of nitrogens with one attached hydrogen (secondary N) is 1. The van der Waals surface area contributed by atoms with Crippen molar-refractivity contribution in [2.75, 3.05) is 31.1 Å². The first-order valence-electron chi connectivity index (χ1n) is 5.83. The van der Waals surface area contributed by atoms with Crippen LogP contribution in [0.15, 0.2) is 24.3 Å². The highest BCUT2D eigenvalue weighted by molar-refractivity contribution is 5.49. The van der Waals surface area contributed by atoms with Crippen LogP contribution in [0.5, 0.6) is 0 Å². The fraction of sp³-hybridized carbons (Fsp3) is 0.538. The largest absolute Gasteiger partial charge is 0.369 e. The van der Waals surface area contributed by atoms with Crippen LogP contribution >= 0.6 is 0 Å². The average Bonchev–Trinajstić information content (AvgIpc) is 2.30. The van der Waals surface area contributed by atoms with Crippen LogP contribution in [0.1, 0.15) is 25.3 Å². The zero-order valence-corrected chi connectivity index (χ0v) is 9.66. The molecule has 1 heterocycles. The molecular weight excluding hydrogens is 184 g/mol. The third-order valence-corrected chi connectivity index (χ3v) is 3.02. The average molecular weight is 204 g/mol. The van der Waals surface area contributed by atoms with Gasteiger partial charge in [-0.15, -0.1) is 0 Å². The molecule has 0 radical (unpaired) electrons. The van der Waals surface area contributed by atoms with Crippen LogP contribution in [0.25, 0.3) is 0 Å². The van der Waals surface area contributed by atoms with E-state index in [1.165, 1.54) is 11.3 Å². The summed E-state index contributed by atoms with van der Waals surface area (Å²) in [5, 5.41) is 3.38. The van der Waals surface area contributed by atoms with E-state index in [0.29, 0.717) is 5.92 Å². The van der Waals surface area contributed by atoms with Crippen molar-refractivity contribution in [1.29, 1.82) is 0 Å². The van der Waals surface area contributed by atoms with Gasteiger partial charge in [-0.05, 0) is 23.6 Å². The molecule has 2 nitrogen and oxygen atoms in total. The van der Waals surface area contributed by atoms with E-state index >= 15 is 0 Å². The third-order valence-electron chi connectivity index (χ3n) is 3.02. The first-order valence-corrected chi connectivity index (χ1v) is 5.83. The van der Waals surface area contributed by atoms with Gasteiger partial charge in [0.05, 0.1) is 0 Å². The lowest BCUT2D eigenvalue weighted by Crippen LogP contribution is -2.43. The minimum absolute atomic E-state index is 0.618. The zero-order chi connectivity index (χ0) is 10.7. The highest BCUT2D eigenvalue weighted by atomic mass is 15.2. The predicted octanol–water partition coefficient (Wildman–Crippen LogP) is 2.22. The third kappa shape index (κ3) is 2.51. The minimum atomic E-state index is 0.618. The first kappa shape index (κ1) is 10.5. The molecule has 0 atom stereocenters. The quantitative estimate of drug-likeness (QED) is 0.794. The Kier molecular flexibility index (Phi) is 3.27. The molecule has 0 aromatic heterocycles. The van der Waals surface area contributed by atoms with Gasteiger partial charge in [0.1, 0.15) is 0 Å². The van der Waals surface area contributed by atoms with Crippen LogP contribution < -0.4 is 10.2 Å². The van der Waals surface area contributed by atoms with Crippen molar-refractivity contribution >= 4 is 5.69 Å². The van der Waals surface area contributed by atoms with Gasteiger partial charge in [0, 0.05) is 31.9 Å². The van der Waals surface area contributed by atoms with Crippen molar-refractivity contribution in [1.82, 2.24) is 5.32 Å². The molecular formula is C13H20N2. The molecule has 2 rings (SSSR count). The van der Waals surface area contributed by atoms with Gasteiger partial charge in [-0.3, -0.25) is 0 Å². The van der Waals surface area contributed by atoms with Crippen molar-refractivity contribution in [3.8, 4) is 0 Å². The summed E-state index contributed by atoms with van der Waals surface area (Å²) in [7, 11) is 0. The van der Waals surface area contributed by atoms with Crippen LogP contribution in [0.2, 0.25) is 0 Å². The molecule has 1 fully saturated rings. The number of hydrogen-bond acceptors (Lipinski definition) is 2. The van der Waals surface area contributed by atoms with Crippen LogP contribution in [0.3, 0.4) is 0 Å². The van der Waals surface area contributed by atoms with Crippen LogP contribution in [0.4, 0.5) is 5.69 Å². The predicted molar refractivity (Wildman–Crippen MR) is 65.6 cm³/mol. The SMILES string of the molecule is CC(C)c1cccc(N2CCNCC2)c1. The van der Waals surface area contributed by atoms with Crippen molar-refractivity contribution < 1.29 is 0 Å². The molecule has 0 amide bonds. The lowest BCUT2D eigenvalue weighted by atomic mass is 10.0. The Morgan fingerprint density at radius 2 is 1.93 bits per heavy atom. The first-order chi connectivity index (χ1) is 7.27. The Balaban J connectivity index is 2.16. The van der Waals surface area contributed by atoms with Gasteiger partial charge in [-0.25, -0.2) is 0 Å². The summed E-state index contributed by atoms with van der Waals surface area (Å²) in [4.78, 5) is 2.46. The molecule has 0 aliphatic carbocycles. The normalized spacial score (nSPS) is 17.1. The Morgan fingerprint density at radius 1 is 1.20 bits per heavy atom. The second-order valence-corrected chi connectivity index (χ2v) is 4.49. The summed E-state index contributed by atoms with van der Waals surface area (Å²) in [6.45, 7) is 8.95. The molecule has 15 heavy (non-hydrogen) atoms. The van der Waals surface area contributed by atoms with Gasteiger partial charge in [0.15, 0.2) is 0 Å². The fourth-order valence-electron chi connectivity index (χ4n) is 2.00. The van der Waals surface area contributed by atoms with Crippen LogP contribution in [-0.4, -0.2) is 26.2 Å². The lowest BCUT2D eigenvalue weighted by molar-refractivity contribution is 0.589. The van der Waals surface area contributed by atoms with Crippen molar-refractivity contribution in [2.24, 2.45) is 0 Å². The zero-order valence-electron chi connectivity index (χ0n) is 9.66. The van der Waals surface area contributed by atoms with E-state index in [9.17, 15) is 0 Å². The molecule has 82 valence electrons. The molecule has 0 saturated carbocycles. The molecule has 1 aliphatic heterocycles. The Morgan fingerprint density at radius 3 is 2.60 bits per heavy atom. The summed E-state index contributed by atoms with van der Waals surface area (Å²) in [5.74, 6) is 0.618. The molecule has 1 aromatic rings. The second-order valence-electron chi connectivity index (χ2n) is 4.49. The van der Waals surface area contributed by atoms with E-state index in [-0.39, 0.29) is 0 Å². The summed E-state index contributed by atoms with van der Waals surface area (Å²) >= 11 is 0. The van der Waals surface area contributed by atoms with Crippen molar-refractivity contribution in [3.05, 3.63) is 29.8 Å². The van der Waals surface area contributed by atoms with Gasteiger partial charge >= 0.3 is 0 Å². The molecule has 1 saturated heterocycles. The molecule has 0 spiro atoms. The fourth-order valence-corrected chi connectivity index (χ4v) is 2.00. The van der Waals surface area contributed by atoms with Gasteiger partial charge < -0.3 is 10.2 Å². The molecule has 0 unspecified atom stereocenters. The highest BCUT2D eigenvalue weighted by Gasteiger charge is 2.10. The number of benzene rings is 1. The van der Waals surface area contributed by atoms with E-state index in [2.05, 4.69) is 48.3 Å². The molecule has 2 heteroatoms. The molecule has 1 aliphatic rings. The number of rotatable bonds is 2. The van der Waals surface area contributed by atoms with Gasteiger partial charge in [-0.1, -0.05) is 26.0 Å². The molecule has 1 aromatic carbocycles. The number of nitrogens with zero attached hydrogens (tertiary/aromatic N) is 1. The molecule has 1 N–H and O–H groups in total.